The SMILES string of the molecule is COCCNC(=O)NC(c1cnn(C)c1)C1CC(O)C1. The number of urea groups is 1. The van der Waals surface area contributed by atoms with Gasteiger partial charge in [-0.15, -0.1) is 0 Å². The lowest BCUT2D eigenvalue weighted by molar-refractivity contribution is 0.0259. The number of carbonyl (C=O) groups excluding carboxylic acids is 1. The standard InChI is InChI=1S/C13H22N4O3/c1-17-8-10(7-15-17)12(9-5-11(18)6-9)16-13(19)14-3-4-20-2/h7-9,11-12,18H,3-6H2,1-2H3,(H2,14,16,19). The Morgan fingerprint density at radius 3 is 2.95 bits per heavy atom. The number of nitrogens with one attached hydrogen (secondary N) is 2. The molecule has 112 valence electrons. The van der Waals surface area contributed by atoms with Crippen molar-refractivity contribution in [3.05, 3.63) is 18.0 Å². The molecular formula is C13H22N4O3. The van der Waals surface area contributed by atoms with Crippen molar-refractivity contribution in [2.75, 3.05) is 20.3 Å². The van der Waals surface area contributed by atoms with Crippen LogP contribution in [-0.4, -0.2) is 47.3 Å². The molecule has 7 nitrogen and oxygen atoms in total. The Kier molecular flexibility index (Phi) is 4.97. The summed E-state index contributed by atoms with van der Waals surface area (Å²) in [4.78, 5) is 11.9. The van der Waals surface area contributed by atoms with Crippen LogP contribution in [0.1, 0.15) is 24.4 Å². The molecule has 2 rings (SSSR count). The first-order valence-electron chi connectivity index (χ1n) is 6.80. The maximum atomic E-state index is 11.9. The minimum absolute atomic E-state index is 0.116. The Balaban J connectivity index is 1.94. The smallest absolute Gasteiger partial charge is 0.315 e. The van der Waals surface area contributed by atoms with Crippen molar-refractivity contribution in [2.24, 2.45) is 13.0 Å². The Morgan fingerprint density at radius 2 is 2.40 bits per heavy atom. The van der Waals surface area contributed by atoms with Crippen LogP contribution in [-0.2, 0) is 11.8 Å². The summed E-state index contributed by atoms with van der Waals surface area (Å²) in [5.41, 5.74) is 0.964. The second kappa shape index (κ2) is 6.71. The highest BCUT2D eigenvalue weighted by Crippen LogP contribution is 2.37. The van der Waals surface area contributed by atoms with Gasteiger partial charge in [-0.05, 0) is 18.8 Å². The highest BCUT2D eigenvalue weighted by molar-refractivity contribution is 5.74. The minimum Gasteiger partial charge on any atom is -0.393 e. The van der Waals surface area contributed by atoms with Gasteiger partial charge in [0.15, 0.2) is 0 Å². The molecule has 1 saturated carbocycles. The third-order valence-corrected chi connectivity index (χ3v) is 3.58. The first kappa shape index (κ1) is 14.8. The van der Waals surface area contributed by atoms with E-state index in [2.05, 4.69) is 15.7 Å². The molecule has 0 radical (unpaired) electrons. The number of aliphatic hydroxyl groups is 1. The highest BCUT2D eigenvalue weighted by atomic mass is 16.5. The minimum atomic E-state index is -0.252. The number of aryl methyl sites for hydroxylation is 1. The number of ether oxygens (including phenoxy) is 1. The van der Waals surface area contributed by atoms with Crippen molar-refractivity contribution >= 4 is 6.03 Å². The van der Waals surface area contributed by atoms with Gasteiger partial charge in [0.05, 0.1) is 24.9 Å². The number of hydrogen-bond acceptors (Lipinski definition) is 4. The van der Waals surface area contributed by atoms with Gasteiger partial charge in [-0.1, -0.05) is 0 Å². The van der Waals surface area contributed by atoms with E-state index in [-0.39, 0.29) is 24.1 Å². The average molecular weight is 282 g/mol. The summed E-state index contributed by atoms with van der Waals surface area (Å²) >= 11 is 0. The van der Waals surface area contributed by atoms with Crippen LogP contribution >= 0.6 is 0 Å². The average Bonchev–Trinajstić information content (AvgIpc) is 2.79. The second-order valence-corrected chi connectivity index (χ2v) is 5.20. The number of methoxy groups -OCH3 is 1. The normalized spacial score (nSPS) is 22.9. The van der Waals surface area contributed by atoms with Gasteiger partial charge in [0, 0.05) is 32.5 Å². The first-order chi connectivity index (χ1) is 9.60. The van der Waals surface area contributed by atoms with Gasteiger partial charge in [-0.2, -0.15) is 5.10 Å². The molecule has 0 spiro atoms. The van der Waals surface area contributed by atoms with Crippen molar-refractivity contribution < 1.29 is 14.6 Å². The van der Waals surface area contributed by atoms with Crippen LogP contribution in [0.15, 0.2) is 12.4 Å². The van der Waals surface area contributed by atoms with Crippen LogP contribution in [0.4, 0.5) is 4.79 Å². The van der Waals surface area contributed by atoms with Crippen molar-refractivity contribution in [2.45, 2.75) is 25.0 Å². The number of aromatic nitrogens is 2. The summed E-state index contributed by atoms with van der Waals surface area (Å²) in [5, 5.41) is 19.3. The molecule has 20 heavy (non-hydrogen) atoms. The molecule has 0 bridgehead atoms. The highest BCUT2D eigenvalue weighted by Gasteiger charge is 2.36. The molecule has 1 unspecified atom stereocenters. The molecule has 1 fully saturated rings. The van der Waals surface area contributed by atoms with Gasteiger partial charge in [-0.3, -0.25) is 4.68 Å². The molecule has 1 aromatic heterocycles. The third-order valence-electron chi connectivity index (χ3n) is 3.58. The number of carbonyl (C=O) groups is 1. The van der Waals surface area contributed by atoms with Gasteiger partial charge in [0.1, 0.15) is 0 Å². The topological polar surface area (TPSA) is 88.4 Å². The third kappa shape index (κ3) is 3.71. The van der Waals surface area contributed by atoms with Gasteiger partial charge < -0.3 is 20.5 Å². The van der Waals surface area contributed by atoms with Crippen LogP contribution in [0.25, 0.3) is 0 Å². The Morgan fingerprint density at radius 1 is 1.65 bits per heavy atom. The van der Waals surface area contributed by atoms with Gasteiger partial charge in [0.2, 0.25) is 0 Å². The van der Waals surface area contributed by atoms with Crippen LogP contribution in [0.2, 0.25) is 0 Å². The Labute approximate surface area is 118 Å². The monoisotopic (exact) mass is 282 g/mol. The molecular weight excluding hydrogens is 260 g/mol. The van der Waals surface area contributed by atoms with E-state index in [1.54, 1.807) is 18.0 Å². The van der Waals surface area contributed by atoms with Crippen molar-refractivity contribution in [3.8, 4) is 0 Å². The fourth-order valence-corrected chi connectivity index (χ4v) is 2.44. The first-order valence-corrected chi connectivity index (χ1v) is 6.80. The molecule has 0 saturated heterocycles. The van der Waals surface area contributed by atoms with Crippen LogP contribution in [0.3, 0.4) is 0 Å². The van der Waals surface area contributed by atoms with Gasteiger partial charge in [0.25, 0.3) is 0 Å². The lowest BCUT2D eigenvalue weighted by atomic mass is 9.75. The summed E-state index contributed by atoms with van der Waals surface area (Å²) in [6, 6.07) is -0.341. The van der Waals surface area contributed by atoms with E-state index in [0.29, 0.717) is 26.0 Å². The summed E-state index contributed by atoms with van der Waals surface area (Å²) in [7, 11) is 3.43. The number of amides is 2. The van der Waals surface area contributed by atoms with Crippen molar-refractivity contribution in [3.63, 3.8) is 0 Å². The largest absolute Gasteiger partial charge is 0.393 e. The fourth-order valence-electron chi connectivity index (χ4n) is 2.44. The number of rotatable bonds is 6. The van der Waals surface area contributed by atoms with E-state index in [9.17, 15) is 9.90 Å². The summed E-state index contributed by atoms with van der Waals surface area (Å²) < 4.78 is 6.60. The molecule has 0 aromatic carbocycles. The summed E-state index contributed by atoms with van der Waals surface area (Å²) in [6.45, 7) is 0.947. The molecule has 1 aliphatic rings. The van der Waals surface area contributed by atoms with Crippen LogP contribution in [0.5, 0.6) is 0 Å². The Bertz CT molecular complexity index is 443. The Hall–Kier alpha value is -1.60. The zero-order valence-corrected chi connectivity index (χ0v) is 11.9. The summed E-state index contributed by atoms with van der Waals surface area (Å²) in [5.74, 6) is 0.252. The number of aliphatic hydroxyl groups excluding tert-OH is 1. The lowest BCUT2D eigenvalue weighted by Gasteiger charge is -2.37. The lowest BCUT2D eigenvalue weighted by Crippen LogP contribution is -2.45. The van der Waals surface area contributed by atoms with E-state index in [4.69, 9.17) is 4.74 Å². The molecule has 2 amide bonds. The van der Waals surface area contributed by atoms with E-state index in [0.717, 1.165) is 5.56 Å². The second-order valence-electron chi connectivity index (χ2n) is 5.20. The zero-order valence-electron chi connectivity index (χ0n) is 11.9. The predicted octanol–water partition coefficient (Wildman–Crippen LogP) is 0.178. The molecule has 1 aliphatic carbocycles. The molecule has 1 aromatic rings. The van der Waals surface area contributed by atoms with Crippen LogP contribution in [0, 0.1) is 5.92 Å². The molecule has 7 heteroatoms. The van der Waals surface area contributed by atoms with Gasteiger partial charge >= 0.3 is 6.03 Å². The van der Waals surface area contributed by atoms with Crippen LogP contribution < -0.4 is 10.6 Å². The number of nitrogens with zero attached hydrogens (tertiary/aromatic N) is 2. The molecule has 1 heterocycles. The zero-order chi connectivity index (χ0) is 14.5. The fraction of sp³-hybridized carbons (Fsp3) is 0.692. The number of hydrogen-bond donors (Lipinski definition) is 3. The summed E-state index contributed by atoms with van der Waals surface area (Å²) in [6.07, 6.45) is 4.81. The van der Waals surface area contributed by atoms with Gasteiger partial charge in [-0.25, -0.2) is 4.79 Å². The van der Waals surface area contributed by atoms with E-state index in [1.165, 1.54) is 0 Å². The van der Waals surface area contributed by atoms with E-state index < -0.39 is 0 Å². The molecule has 0 aliphatic heterocycles. The molecule has 1 atom stereocenters. The van der Waals surface area contributed by atoms with Crippen molar-refractivity contribution in [1.29, 1.82) is 0 Å². The van der Waals surface area contributed by atoms with Crippen molar-refractivity contribution in [1.82, 2.24) is 20.4 Å². The maximum absolute atomic E-state index is 11.9. The van der Waals surface area contributed by atoms with E-state index >= 15 is 0 Å². The molecule has 3 N–H and O–H groups in total. The van der Waals surface area contributed by atoms with E-state index in [1.807, 2.05) is 13.2 Å². The quantitative estimate of drug-likeness (QED) is 0.649. The maximum Gasteiger partial charge on any atom is 0.315 e. The predicted molar refractivity (Wildman–Crippen MR) is 73.1 cm³/mol.